The Morgan fingerprint density at radius 3 is 1.75 bits per heavy atom. The van der Waals surface area contributed by atoms with Crippen LogP contribution in [0.15, 0.2) is 0 Å². The topological polar surface area (TPSA) is 89.9 Å². The first-order valence-corrected chi connectivity index (χ1v) is 6.83. The molecular weight excluding hydrogens is 207 g/mol. The van der Waals surface area contributed by atoms with Gasteiger partial charge in [-0.2, -0.15) is 8.42 Å². The molecule has 0 bridgehead atoms. The van der Waals surface area contributed by atoms with Gasteiger partial charge in [-0.15, -0.1) is 0 Å². The first kappa shape index (κ1) is 12.1. The van der Waals surface area contributed by atoms with E-state index in [0.717, 1.165) is 0 Å². The Hall–Kier alpha value is 0.0600. The Morgan fingerprint density at radius 2 is 1.58 bits per heavy atom. The summed E-state index contributed by atoms with van der Waals surface area (Å²) in [5.74, 6) is 0. The molecule has 0 heterocycles. The molecule has 0 spiro atoms. The third-order valence-electron chi connectivity index (χ3n) is 0.857. The Bertz CT molecular complexity index is 259. The Morgan fingerprint density at radius 1 is 1.25 bits per heavy atom. The fraction of sp³-hybridized carbons (Fsp3) is 1.00. The summed E-state index contributed by atoms with van der Waals surface area (Å²) in [6.45, 7) is -1.72. The van der Waals surface area contributed by atoms with E-state index in [4.69, 9.17) is 4.55 Å². The van der Waals surface area contributed by atoms with Crippen LogP contribution < -0.4 is 0 Å². The van der Waals surface area contributed by atoms with Crippen molar-refractivity contribution in [3.8, 4) is 0 Å². The summed E-state index contributed by atoms with van der Waals surface area (Å²) < 4.78 is 49.2. The third kappa shape index (κ3) is 2.84. The molecular formula is C4H11O6PS. The molecule has 0 radical (unpaired) electrons. The molecule has 0 aromatic rings. The van der Waals surface area contributed by atoms with Crippen LogP contribution in [0.5, 0.6) is 0 Å². The van der Waals surface area contributed by atoms with Crippen molar-refractivity contribution >= 4 is 16.5 Å². The van der Waals surface area contributed by atoms with E-state index in [2.05, 4.69) is 9.05 Å². The monoisotopic (exact) mass is 218 g/mol. The molecule has 0 aromatic heterocycles. The lowest BCUT2D eigenvalue weighted by atomic mass is 10.9. The molecule has 74 valence electrons. The maximum absolute atomic E-state index is 11.2. The second kappa shape index (κ2) is 4.34. The van der Waals surface area contributed by atoms with Gasteiger partial charge in [-0.3, -0.25) is 13.6 Å². The first-order valence-electron chi connectivity index (χ1n) is 3.24. The van der Waals surface area contributed by atoms with Crippen molar-refractivity contribution in [2.24, 2.45) is 0 Å². The van der Waals surface area contributed by atoms with Crippen LogP contribution >= 0.6 is 6.80 Å². The van der Waals surface area contributed by atoms with E-state index in [1.165, 1.54) is 13.8 Å². The van der Waals surface area contributed by atoms with E-state index in [9.17, 15) is 13.0 Å². The SMILES string of the molecule is CCOP(=O)(OCC)S(=O)(=O)O. The van der Waals surface area contributed by atoms with E-state index >= 15 is 0 Å². The van der Waals surface area contributed by atoms with Gasteiger partial charge in [-0.05, 0) is 13.8 Å². The van der Waals surface area contributed by atoms with Crippen LogP contribution in [-0.2, 0) is 23.4 Å². The quantitative estimate of drug-likeness (QED) is 0.548. The Labute approximate surface area is 70.9 Å². The average molecular weight is 218 g/mol. The van der Waals surface area contributed by atoms with Crippen LogP contribution in [0.3, 0.4) is 0 Å². The van der Waals surface area contributed by atoms with Crippen LogP contribution in [-0.4, -0.2) is 26.2 Å². The van der Waals surface area contributed by atoms with Gasteiger partial charge in [0.1, 0.15) is 0 Å². The van der Waals surface area contributed by atoms with Gasteiger partial charge >= 0.3 is 16.5 Å². The van der Waals surface area contributed by atoms with Crippen LogP contribution in [0.2, 0.25) is 0 Å². The van der Waals surface area contributed by atoms with Crippen molar-refractivity contribution in [2.75, 3.05) is 13.2 Å². The summed E-state index contributed by atoms with van der Waals surface area (Å²) in [6, 6.07) is 0. The maximum Gasteiger partial charge on any atom is 0.471 e. The molecule has 0 fully saturated rings. The van der Waals surface area contributed by atoms with E-state index in [1.807, 2.05) is 0 Å². The van der Waals surface area contributed by atoms with E-state index in [-0.39, 0.29) is 13.2 Å². The largest absolute Gasteiger partial charge is 0.471 e. The van der Waals surface area contributed by atoms with Crippen molar-refractivity contribution in [1.29, 1.82) is 0 Å². The molecule has 0 aromatic carbocycles. The minimum absolute atomic E-state index is 0.114. The first-order chi connectivity index (χ1) is 5.37. The van der Waals surface area contributed by atoms with E-state index in [1.54, 1.807) is 0 Å². The molecule has 0 aliphatic rings. The second-order valence-corrected chi connectivity index (χ2v) is 6.76. The smallest absolute Gasteiger partial charge is 0.296 e. The highest BCUT2D eigenvalue weighted by molar-refractivity contribution is 8.46. The van der Waals surface area contributed by atoms with Gasteiger partial charge in [-0.25, -0.2) is 4.57 Å². The molecule has 1 N–H and O–H groups in total. The average Bonchev–Trinajstić information content (AvgIpc) is 1.86. The summed E-state index contributed by atoms with van der Waals surface area (Å²) in [5.41, 5.74) is 0. The maximum atomic E-state index is 11.2. The van der Waals surface area contributed by atoms with Gasteiger partial charge in [-0.1, -0.05) is 0 Å². The van der Waals surface area contributed by atoms with Gasteiger partial charge in [0.25, 0.3) is 0 Å². The molecule has 0 aliphatic heterocycles. The lowest BCUT2D eigenvalue weighted by Gasteiger charge is -2.12. The summed E-state index contributed by atoms with van der Waals surface area (Å²) >= 11 is 0. The predicted molar refractivity (Wildman–Crippen MR) is 42.4 cm³/mol. The summed E-state index contributed by atoms with van der Waals surface area (Å²) in [5, 5.41) is 0. The Balaban J connectivity index is 4.76. The predicted octanol–water partition coefficient (Wildman–Crippen LogP) is 1.06. The van der Waals surface area contributed by atoms with Crippen molar-refractivity contribution in [3.05, 3.63) is 0 Å². The molecule has 0 saturated heterocycles. The van der Waals surface area contributed by atoms with Gasteiger partial charge in [0.15, 0.2) is 0 Å². The second-order valence-electron chi connectivity index (χ2n) is 1.73. The zero-order valence-corrected chi connectivity index (χ0v) is 8.47. The lowest BCUT2D eigenvalue weighted by Crippen LogP contribution is -2.06. The molecule has 0 unspecified atom stereocenters. The molecule has 8 heteroatoms. The molecule has 0 rings (SSSR count). The van der Waals surface area contributed by atoms with E-state index in [0.29, 0.717) is 0 Å². The molecule has 0 aliphatic carbocycles. The van der Waals surface area contributed by atoms with Crippen molar-refractivity contribution in [2.45, 2.75) is 13.8 Å². The van der Waals surface area contributed by atoms with Crippen LogP contribution in [0.25, 0.3) is 0 Å². The minimum Gasteiger partial charge on any atom is -0.296 e. The summed E-state index contributed by atoms with van der Waals surface area (Å²) in [7, 11) is -4.78. The zero-order valence-electron chi connectivity index (χ0n) is 6.76. The van der Waals surface area contributed by atoms with Crippen molar-refractivity contribution in [1.82, 2.24) is 0 Å². The zero-order chi connectivity index (χ0) is 9.83. The Kier molecular flexibility index (Phi) is 4.36. The highest BCUT2D eigenvalue weighted by atomic mass is 32.8. The molecule has 0 atom stereocenters. The van der Waals surface area contributed by atoms with Crippen molar-refractivity contribution < 1.29 is 26.6 Å². The standard InChI is InChI=1S/C4H11O6PS/c1-3-9-11(5,10-4-2)12(6,7)8/h3-4H2,1-2H3,(H,6,7,8). The number of hydrogen-bond donors (Lipinski definition) is 1. The number of hydrogen-bond acceptors (Lipinski definition) is 5. The molecule has 0 amide bonds. The van der Waals surface area contributed by atoms with Crippen LogP contribution in [0.4, 0.5) is 0 Å². The summed E-state index contributed by atoms with van der Waals surface area (Å²) in [6.07, 6.45) is 0. The fourth-order valence-corrected chi connectivity index (χ4v) is 2.89. The molecule has 12 heavy (non-hydrogen) atoms. The van der Waals surface area contributed by atoms with Gasteiger partial charge in [0.05, 0.1) is 13.2 Å². The molecule has 6 nitrogen and oxygen atoms in total. The fourth-order valence-electron chi connectivity index (χ4n) is 0.487. The van der Waals surface area contributed by atoms with Gasteiger partial charge in [0.2, 0.25) is 0 Å². The normalized spacial score (nSPS) is 13.2. The molecule has 0 saturated carbocycles. The van der Waals surface area contributed by atoms with Crippen LogP contribution in [0.1, 0.15) is 13.8 Å². The van der Waals surface area contributed by atoms with Crippen LogP contribution in [0, 0.1) is 0 Å². The van der Waals surface area contributed by atoms with Crippen molar-refractivity contribution in [3.63, 3.8) is 0 Å². The summed E-state index contributed by atoms with van der Waals surface area (Å²) in [4.78, 5) is 0. The highest BCUT2D eigenvalue weighted by Crippen LogP contribution is 2.53. The lowest BCUT2D eigenvalue weighted by molar-refractivity contribution is 0.230. The minimum atomic E-state index is -4.78. The van der Waals surface area contributed by atoms with Gasteiger partial charge in [0, 0.05) is 0 Å². The van der Waals surface area contributed by atoms with E-state index < -0.39 is 16.5 Å². The number of rotatable bonds is 5. The highest BCUT2D eigenvalue weighted by Gasteiger charge is 2.39. The van der Waals surface area contributed by atoms with Gasteiger partial charge < -0.3 is 0 Å². The third-order valence-corrected chi connectivity index (χ3v) is 4.90.